The van der Waals surface area contributed by atoms with Gasteiger partial charge in [0.15, 0.2) is 5.65 Å². The molecule has 6 heteroatoms. The van der Waals surface area contributed by atoms with Gasteiger partial charge >= 0.3 is 0 Å². The van der Waals surface area contributed by atoms with Gasteiger partial charge in [0.05, 0.1) is 6.54 Å². The van der Waals surface area contributed by atoms with Crippen molar-refractivity contribution < 1.29 is 4.79 Å². The summed E-state index contributed by atoms with van der Waals surface area (Å²) >= 11 is 0. The highest BCUT2D eigenvalue weighted by atomic mass is 16.2. The molecule has 0 aromatic carbocycles. The molecule has 3 rings (SSSR count). The molecule has 20 heavy (non-hydrogen) atoms. The van der Waals surface area contributed by atoms with Crippen LogP contribution in [0, 0.1) is 6.92 Å². The van der Waals surface area contributed by atoms with E-state index in [0.717, 1.165) is 37.1 Å². The normalized spacial score (nSPS) is 15.6. The Morgan fingerprint density at radius 1 is 1.30 bits per heavy atom. The van der Waals surface area contributed by atoms with Crippen molar-refractivity contribution in [2.45, 2.75) is 26.2 Å². The number of hydrogen-bond donors (Lipinski definition) is 1. The molecule has 1 aliphatic rings. The highest BCUT2D eigenvalue weighted by molar-refractivity contribution is 5.80. The Labute approximate surface area is 117 Å². The van der Waals surface area contributed by atoms with Crippen LogP contribution >= 0.6 is 0 Å². The minimum atomic E-state index is 0.125. The molecule has 0 unspecified atom stereocenters. The first-order valence-electron chi connectivity index (χ1n) is 7.07. The lowest BCUT2D eigenvalue weighted by atomic mass is 10.1. The van der Waals surface area contributed by atoms with Gasteiger partial charge in [-0.25, -0.2) is 4.52 Å². The Balaban J connectivity index is 1.63. The molecule has 1 saturated heterocycles. The summed E-state index contributed by atoms with van der Waals surface area (Å²) in [6.45, 7) is 4.01. The lowest BCUT2D eigenvalue weighted by Crippen LogP contribution is -2.39. The fourth-order valence-electron chi connectivity index (χ4n) is 2.47. The van der Waals surface area contributed by atoms with Gasteiger partial charge in [0, 0.05) is 19.3 Å². The number of carbonyl (C=O) groups is 1. The molecule has 3 heterocycles. The van der Waals surface area contributed by atoms with E-state index in [1.54, 1.807) is 4.52 Å². The molecule has 2 aromatic rings. The monoisotopic (exact) mass is 273 g/mol. The topological polar surface area (TPSA) is 62.5 Å². The summed E-state index contributed by atoms with van der Waals surface area (Å²) in [4.78, 5) is 18.3. The van der Waals surface area contributed by atoms with E-state index in [-0.39, 0.29) is 12.5 Å². The Bertz CT molecular complexity index is 615. The maximum absolute atomic E-state index is 12.0. The van der Waals surface area contributed by atoms with E-state index in [9.17, 15) is 4.79 Å². The summed E-state index contributed by atoms with van der Waals surface area (Å²) in [6.07, 6.45) is 5.36. The standard InChI is InChI=1S/C14H19N5O/c1-11-5-6-12-16-14(17-19(12)10-11)15-9-13(20)18-7-3-2-4-8-18/h5-6,10H,2-4,7-9H2,1H3,(H,15,17). The number of pyridine rings is 1. The molecule has 1 N–H and O–H groups in total. The Kier molecular flexibility index (Phi) is 3.54. The fourth-order valence-corrected chi connectivity index (χ4v) is 2.47. The number of hydrogen-bond acceptors (Lipinski definition) is 4. The van der Waals surface area contributed by atoms with Crippen molar-refractivity contribution in [1.29, 1.82) is 0 Å². The van der Waals surface area contributed by atoms with E-state index < -0.39 is 0 Å². The largest absolute Gasteiger partial charge is 0.344 e. The van der Waals surface area contributed by atoms with E-state index >= 15 is 0 Å². The molecule has 0 radical (unpaired) electrons. The molecule has 6 nitrogen and oxygen atoms in total. The van der Waals surface area contributed by atoms with Gasteiger partial charge < -0.3 is 10.2 Å². The van der Waals surface area contributed by atoms with Crippen LogP contribution in [0.2, 0.25) is 0 Å². The number of rotatable bonds is 3. The van der Waals surface area contributed by atoms with E-state index in [4.69, 9.17) is 0 Å². The fraction of sp³-hybridized carbons (Fsp3) is 0.500. The predicted octanol–water partition coefficient (Wildman–Crippen LogP) is 1.46. The van der Waals surface area contributed by atoms with Gasteiger partial charge in [-0.3, -0.25) is 4.79 Å². The van der Waals surface area contributed by atoms with Crippen molar-refractivity contribution in [1.82, 2.24) is 19.5 Å². The number of anilines is 1. The molecular weight excluding hydrogens is 254 g/mol. The van der Waals surface area contributed by atoms with Crippen molar-refractivity contribution >= 4 is 17.5 Å². The van der Waals surface area contributed by atoms with E-state index in [1.807, 2.05) is 30.2 Å². The number of carbonyl (C=O) groups excluding carboxylic acids is 1. The number of amides is 1. The molecule has 2 aromatic heterocycles. The number of nitrogens with zero attached hydrogens (tertiary/aromatic N) is 4. The van der Waals surface area contributed by atoms with Crippen molar-refractivity contribution in [3.63, 3.8) is 0 Å². The van der Waals surface area contributed by atoms with Crippen LogP contribution in [0.3, 0.4) is 0 Å². The predicted molar refractivity (Wildman–Crippen MR) is 76.6 cm³/mol. The molecule has 1 fully saturated rings. The van der Waals surface area contributed by atoms with Crippen molar-refractivity contribution in [3.8, 4) is 0 Å². The SMILES string of the molecule is Cc1ccc2nc(NCC(=O)N3CCCCC3)nn2c1. The summed E-state index contributed by atoms with van der Waals surface area (Å²) < 4.78 is 1.73. The first kappa shape index (κ1) is 12.9. The molecule has 1 aliphatic heterocycles. The Hall–Kier alpha value is -2.11. The van der Waals surface area contributed by atoms with Crippen molar-refractivity contribution in [3.05, 3.63) is 23.9 Å². The first-order chi connectivity index (χ1) is 9.72. The van der Waals surface area contributed by atoms with Crippen molar-refractivity contribution in [2.24, 2.45) is 0 Å². The maximum Gasteiger partial charge on any atom is 0.243 e. The third kappa shape index (κ3) is 2.74. The number of nitrogens with one attached hydrogen (secondary N) is 1. The first-order valence-corrected chi connectivity index (χ1v) is 7.07. The van der Waals surface area contributed by atoms with Gasteiger partial charge in [0.1, 0.15) is 0 Å². The van der Waals surface area contributed by atoms with Gasteiger partial charge in [-0.05, 0) is 37.8 Å². The van der Waals surface area contributed by atoms with Crippen molar-refractivity contribution in [2.75, 3.05) is 25.0 Å². The quantitative estimate of drug-likeness (QED) is 0.919. The highest BCUT2D eigenvalue weighted by Crippen LogP contribution is 2.10. The van der Waals surface area contributed by atoms with Gasteiger partial charge in [0.2, 0.25) is 11.9 Å². The summed E-state index contributed by atoms with van der Waals surface area (Å²) in [6, 6.07) is 3.91. The second kappa shape index (κ2) is 5.48. The molecular formula is C14H19N5O. The smallest absolute Gasteiger partial charge is 0.243 e. The van der Waals surface area contributed by atoms with Crippen LogP contribution in [0.5, 0.6) is 0 Å². The molecule has 106 valence electrons. The highest BCUT2D eigenvalue weighted by Gasteiger charge is 2.16. The molecule has 0 bridgehead atoms. The second-order valence-electron chi connectivity index (χ2n) is 5.24. The minimum absolute atomic E-state index is 0.125. The van der Waals surface area contributed by atoms with Gasteiger partial charge in [-0.2, -0.15) is 4.98 Å². The summed E-state index contributed by atoms with van der Waals surface area (Å²) in [7, 11) is 0. The van der Waals surface area contributed by atoms with Gasteiger partial charge in [-0.15, -0.1) is 5.10 Å². The number of fused-ring (bicyclic) bond motifs is 1. The molecule has 1 amide bonds. The van der Waals surface area contributed by atoms with Crippen LogP contribution < -0.4 is 5.32 Å². The number of aromatic nitrogens is 3. The zero-order valence-corrected chi connectivity index (χ0v) is 11.7. The van der Waals surface area contributed by atoms with E-state index in [0.29, 0.717) is 5.95 Å². The number of piperidine rings is 1. The number of aryl methyl sites for hydroxylation is 1. The third-order valence-electron chi connectivity index (χ3n) is 3.59. The zero-order valence-electron chi connectivity index (χ0n) is 11.7. The maximum atomic E-state index is 12.0. The Morgan fingerprint density at radius 2 is 2.10 bits per heavy atom. The van der Waals surface area contributed by atoms with E-state index in [1.165, 1.54) is 6.42 Å². The molecule has 0 spiro atoms. The number of likely N-dealkylation sites (tertiary alicyclic amines) is 1. The average Bonchev–Trinajstić information content (AvgIpc) is 2.87. The lowest BCUT2D eigenvalue weighted by molar-refractivity contribution is -0.130. The van der Waals surface area contributed by atoms with Crippen LogP contribution in [0.4, 0.5) is 5.95 Å². The summed E-state index contributed by atoms with van der Waals surface area (Å²) in [5, 5.41) is 7.33. The molecule has 0 atom stereocenters. The third-order valence-corrected chi connectivity index (χ3v) is 3.59. The zero-order chi connectivity index (χ0) is 13.9. The van der Waals surface area contributed by atoms with Gasteiger partial charge in [0.25, 0.3) is 0 Å². The van der Waals surface area contributed by atoms with Crippen LogP contribution in [-0.2, 0) is 4.79 Å². The summed E-state index contributed by atoms with van der Waals surface area (Å²) in [5.74, 6) is 0.626. The van der Waals surface area contributed by atoms with Crippen LogP contribution in [0.25, 0.3) is 5.65 Å². The molecule has 0 aliphatic carbocycles. The molecule has 0 saturated carbocycles. The Morgan fingerprint density at radius 3 is 2.90 bits per heavy atom. The average molecular weight is 273 g/mol. The van der Waals surface area contributed by atoms with Crippen LogP contribution in [0.15, 0.2) is 18.3 Å². The van der Waals surface area contributed by atoms with Gasteiger partial charge in [-0.1, -0.05) is 6.07 Å². The second-order valence-corrected chi connectivity index (χ2v) is 5.24. The summed E-state index contributed by atoms with van der Waals surface area (Å²) in [5.41, 5.74) is 1.90. The van der Waals surface area contributed by atoms with E-state index in [2.05, 4.69) is 15.4 Å². The van der Waals surface area contributed by atoms with Crippen LogP contribution in [0.1, 0.15) is 24.8 Å². The minimum Gasteiger partial charge on any atom is -0.344 e. The van der Waals surface area contributed by atoms with Crippen LogP contribution in [-0.4, -0.2) is 45.0 Å². The lowest BCUT2D eigenvalue weighted by Gasteiger charge is -2.26.